The maximum absolute atomic E-state index is 14.6. The lowest BCUT2D eigenvalue weighted by Crippen LogP contribution is -2.48. The van der Waals surface area contributed by atoms with Crippen LogP contribution in [-0.2, 0) is 19.6 Å². The molecule has 2 aliphatic rings. The van der Waals surface area contributed by atoms with Crippen LogP contribution in [0.4, 0.5) is 20.3 Å². The third kappa shape index (κ3) is 5.41. The van der Waals surface area contributed by atoms with E-state index in [2.05, 4.69) is 19.8 Å². The molecule has 3 aromatic heterocycles. The predicted octanol–water partition coefficient (Wildman–Crippen LogP) is 4.76. The summed E-state index contributed by atoms with van der Waals surface area (Å²) in [6, 6.07) is 7.89. The van der Waals surface area contributed by atoms with E-state index in [1.807, 2.05) is 16.7 Å². The first-order valence-corrected chi connectivity index (χ1v) is 14.6. The highest BCUT2D eigenvalue weighted by Crippen LogP contribution is 2.35. The first-order chi connectivity index (χ1) is 20.3. The van der Waals surface area contributed by atoms with Crippen LogP contribution >= 0.6 is 11.8 Å². The lowest BCUT2D eigenvalue weighted by Gasteiger charge is -2.40. The van der Waals surface area contributed by atoms with Gasteiger partial charge in [0.1, 0.15) is 0 Å². The number of hydrogen-bond acceptors (Lipinski definition) is 9. The second kappa shape index (κ2) is 11.6. The molecule has 4 aromatic rings. The standard InChI is InChI=1S/C29H28F2N6O4S/c1-41-25-11-18(6-7-32-25)14-36(21-3-2-8-34(17-21)20-4-5-24(33-13-20)37(39)40)16-19-15-35-9-10-42-29-26(31)23(30)12-22(27(29)35)28(19)38/h4-7,11-13,15,21H,2-3,8-10,14,16-17H2,1H3. The van der Waals surface area contributed by atoms with E-state index in [1.54, 1.807) is 25.6 Å². The first kappa shape index (κ1) is 28.0. The van der Waals surface area contributed by atoms with Crippen LogP contribution in [0.25, 0.3) is 10.9 Å². The third-order valence-corrected chi connectivity index (χ3v) is 8.88. The molecule has 0 aliphatic carbocycles. The van der Waals surface area contributed by atoms with Crippen LogP contribution in [0.1, 0.15) is 24.0 Å². The highest BCUT2D eigenvalue weighted by Gasteiger charge is 2.29. The Morgan fingerprint density at radius 2 is 2.05 bits per heavy atom. The van der Waals surface area contributed by atoms with Gasteiger partial charge in [0.2, 0.25) is 5.88 Å². The number of hydrogen-bond donors (Lipinski definition) is 0. The van der Waals surface area contributed by atoms with E-state index in [4.69, 9.17) is 4.74 Å². The number of methoxy groups -OCH3 is 1. The summed E-state index contributed by atoms with van der Waals surface area (Å²) in [4.78, 5) is 37.0. The van der Waals surface area contributed by atoms with Crippen molar-refractivity contribution in [3.8, 4) is 5.88 Å². The number of aryl methyl sites for hydroxylation is 1. The van der Waals surface area contributed by atoms with E-state index >= 15 is 0 Å². The lowest BCUT2D eigenvalue weighted by molar-refractivity contribution is -0.389. The molecule has 0 amide bonds. The average Bonchev–Trinajstić information content (AvgIpc) is 3.01. The number of rotatable bonds is 8. The van der Waals surface area contributed by atoms with Gasteiger partial charge in [0.15, 0.2) is 23.3 Å². The zero-order valence-electron chi connectivity index (χ0n) is 22.8. The van der Waals surface area contributed by atoms with Crippen molar-refractivity contribution in [3.05, 3.63) is 92.0 Å². The molecule has 2 aliphatic heterocycles. The number of ether oxygens (including phenoxy) is 1. The summed E-state index contributed by atoms with van der Waals surface area (Å²) in [5, 5.41) is 11.3. The molecule has 6 rings (SSSR count). The van der Waals surface area contributed by atoms with Crippen LogP contribution in [0.2, 0.25) is 0 Å². The van der Waals surface area contributed by atoms with Crippen molar-refractivity contribution in [1.29, 1.82) is 0 Å². The maximum atomic E-state index is 14.6. The Morgan fingerprint density at radius 3 is 2.81 bits per heavy atom. The summed E-state index contributed by atoms with van der Waals surface area (Å²) in [5.74, 6) is -1.09. The van der Waals surface area contributed by atoms with Gasteiger partial charge in [-0.3, -0.25) is 9.69 Å². The SMILES string of the molecule is COc1cc(CN(Cc2cn3c4c(c(F)c(F)cc4c2=O)SCC3)C2CCCN(c3ccc([N+](=O)[O-])nc3)C2)ccn1. The Kier molecular flexibility index (Phi) is 7.78. The monoisotopic (exact) mass is 594 g/mol. The molecular weight excluding hydrogens is 566 g/mol. The van der Waals surface area contributed by atoms with E-state index in [9.17, 15) is 23.7 Å². The summed E-state index contributed by atoms with van der Waals surface area (Å²) >= 11 is 1.23. The van der Waals surface area contributed by atoms with Crippen molar-refractivity contribution >= 4 is 34.2 Å². The number of halogens is 2. The second-order valence-corrected chi connectivity index (χ2v) is 11.5. The highest BCUT2D eigenvalue weighted by atomic mass is 32.2. The summed E-state index contributed by atoms with van der Waals surface area (Å²) in [6.07, 6.45) is 6.70. The van der Waals surface area contributed by atoms with Crippen molar-refractivity contribution in [2.45, 2.75) is 43.4 Å². The number of nitro groups is 1. The zero-order chi connectivity index (χ0) is 29.4. The molecule has 0 N–H and O–H groups in total. The molecule has 1 atom stereocenters. The molecule has 1 aromatic carbocycles. The predicted molar refractivity (Wildman–Crippen MR) is 155 cm³/mol. The molecule has 0 bridgehead atoms. The molecule has 0 spiro atoms. The Hall–Kier alpha value is -4.10. The van der Waals surface area contributed by atoms with Gasteiger partial charge in [0.05, 0.1) is 28.6 Å². The van der Waals surface area contributed by atoms with E-state index in [0.717, 1.165) is 36.7 Å². The van der Waals surface area contributed by atoms with Crippen LogP contribution in [0.3, 0.4) is 0 Å². The Bertz CT molecular complexity index is 1720. The van der Waals surface area contributed by atoms with Crippen molar-refractivity contribution < 1.29 is 18.4 Å². The van der Waals surface area contributed by atoms with Gasteiger partial charge in [0, 0.05) is 74.6 Å². The number of pyridine rings is 3. The molecular formula is C29H28F2N6O4S. The van der Waals surface area contributed by atoms with E-state index in [-0.39, 0.29) is 34.1 Å². The van der Waals surface area contributed by atoms with Crippen LogP contribution in [0, 0.1) is 21.7 Å². The van der Waals surface area contributed by atoms with Gasteiger partial charge in [-0.05, 0) is 46.5 Å². The molecule has 0 saturated carbocycles. The molecule has 42 heavy (non-hydrogen) atoms. The zero-order valence-corrected chi connectivity index (χ0v) is 23.6. The minimum Gasteiger partial charge on any atom is -0.481 e. The summed E-state index contributed by atoms with van der Waals surface area (Å²) in [5.41, 5.74) is 2.37. The van der Waals surface area contributed by atoms with Gasteiger partial charge in [-0.15, -0.1) is 11.8 Å². The lowest BCUT2D eigenvalue weighted by atomic mass is 10.0. The van der Waals surface area contributed by atoms with Crippen molar-refractivity contribution in [2.24, 2.45) is 0 Å². The summed E-state index contributed by atoms with van der Waals surface area (Å²) in [7, 11) is 1.55. The summed E-state index contributed by atoms with van der Waals surface area (Å²) < 4.78 is 36.3. The fraction of sp³-hybridized carbons (Fsp3) is 0.345. The van der Waals surface area contributed by atoms with Crippen LogP contribution in [0.5, 0.6) is 5.88 Å². The Morgan fingerprint density at radius 1 is 1.19 bits per heavy atom. The Labute approximate surface area is 244 Å². The largest absolute Gasteiger partial charge is 0.481 e. The van der Waals surface area contributed by atoms with Gasteiger partial charge in [-0.1, -0.05) is 0 Å². The molecule has 218 valence electrons. The topological polar surface area (TPSA) is 107 Å². The van der Waals surface area contributed by atoms with E-state index < -0.39 is 16.6 Å². The van der Waals surface area contributed by atoms with Crippen LogP contribution in [-0.4, -0.2) is 56.4 Å². The molecule has 1 fully saturated rings. The van der Waals surface area contributed by atoms with Crippen LogP contribution < -0.4 is 15.1 Å². The fourth-order valence-corrected chi connectivity index (χ4v) is 6.87. The third-order valence-electron chi connectivity index (χ3n) is 7.83. The molecule has 5 heterocycles. The molecule has 10 nitrogen and oxygen atoms in total. The van der Waals surface area contributed by atoms with Gasteiger partial charge in [-0.2, -0.15) is 0 Å². The van der Waals surface area contributed by atoms with Crippen molar-refractivity contribution in [2.75, 3.05) is 30.9 Å². The van der Waals surface area contributed by atoms with Gasteiger partial charge in [0.25, 0.3) is 0 Å². The number of nitrogens with zero attached hydrogens (tertiary/aromatic N) is 6. The minimum absolute atomic E-state index is 0.0145. The molecule has 0 radical (unpaired) electrons. The normalized spacial score (nSPS) is 16.7. The number of piperidine rings is 1. The smallest absolute Gasteiger partial charge is 0.363 e. The number of anilines is 1. The van der Waals surface area contributed by atoms with Gasteiger partial charge in [-0.25, -0.2) is 13.8 Å². The minimum atomic E-state index is -1.02. The fourth-order valence-electron chi connectivity index (χ4n) is 5.79. The van der Waals surface area contributed by atoms with Gasteiger partial charge >= 0.3 is 5.82 Å². The van der Waals surface area contributed by atoms with Gasteiger partial charge < -0.3 is 24.3 Å². The quantitative estimate of drug-likeness (QED) is 0.211. The molecule has 1 unspecified atom stereocenters. The summed E-state index contributed by atoms with van der Waals surface area (Å²) in [6.45, 7) is 2.74. The maximum Gasteiger partial charge on any atom is 0.363 e. The first-order valence-electron chi connectivity index (χ1n) is 13.6. The van der Waals surface area contributed by atoms with E-state index in [0.29, 0.717) is 42.3 Å². The van der Waals surface area contributed by atoms with E-state index in [1.165, 1.54) is 24.0 Å². The van der Waals surface area contributed by atoms with Crippen LogP contribution in [0.15, 0.2) is 58.6 Å². The number of thioether (sulfide) groups is 1. The second-order valence-electron chi connectivity index (χ2n) is 10.4. The molecule has 13 heteroatoms. The van der Waals surface area contributed by atoms with Crippen molar-refractivity contribution in [1.82, 2.24) is 19.4 Å². The van der Waals surface area contributed by atoms with Crippen molar-refractivity contribution in [3.63, 3.8) is 0 Å². The average molecular weight is 595 g/mol. The number of benzene rings is 1. The number of aromatic nitrogens is 3. The molecule has 1 saturated heterocycles. The highest BCUT2D eigenvalue weighted by molar-refractivity contribution is 7.99. The Balaban J connectivity index is 1.36.